The number of rotatable bonds is 6. The minimum atomic E-state index is -0.699. The number of hydrogen-bond donors (Lipinski definition) is 2. The molecule has 0 aliphatic carbocycles. The highest BCUT2D eigenvalue weighted by Gasteiger charge is 2.25. The average molecular weight is 413 g/mol. The number of likely N-dealkylation sites (N-methyl/N-ethyl adjacent to an activating group) is 1. The Balaban J connectivity index is 1.62. The maximum absolute atomic E-state index is 13.4. The van der Waals surface area contributed by atoms with Gasteiger partial charge in [0.2, 0.25) is 0 Å². The summed E-state index contributed by atoms with van der Waals surface area (Å²) in [6, 6.07) is 13.6. The third-order valence-corrected chi connectivity index (χ3v) is 5.52. The van der Waals surface area contributed by atoms with Gasteiger partial charge in [0.05, 0.1) is 6.04 Å². The van der Waals surface area contributed by atoms with Gasteiger partial charge in [0.25, 0.3) is 0 Å². The lowest BCUT2D eigenvalue weighted by Gasteiger charge is -2.38. The zero-order valence-corrected chi connectivity index (χ0v) is 17.5. The summed E-state index contributed by atoms with van der Waals surface area (Å²) in [5.74, 6) is -1.68. The zero-order chi connectivity index (χ0) is 21.5. The number of nitrogens with one attached hydrogen (secondary N) is 2. The first-order chi connectivity index (χ1) is 14.5. The van der Waals surface area contributed by atoms with Crippen LogP contribution >= 0.6 is 0 Å². The highest BCUT2D eigenvalue weighted by molar-refractivity contribution is 6.39. The van der Waals surface area contributed by atoms with E-state index in [4.69, 9.17) is 0 Å². The van der Waals surface area contributed by atoms with Gasteiger partial charge in [-0.05, 0) is 48.9 Å². The number of carbonyl (C=O) groups excluding carboxylic acids is 2. The molecule has 0 saturated carbocycles. The minimum absolute atomic E-state index is 0.125. The van der Waals surface area contributed by atoms with Crippen molar-refractivity contribution in [2.24, 2.45) is 0 Å². The van der Waals surface area contributed by atoms with Gasteiger partial charge in [-0.25, -0.2) is 4.39 Å². The molecule has 2 aromatic carbocycles. The molecule has 0 unspecified atom stereocenters. The number of carbonyl (C=O) groups is 2. The Hall–Kier alpha value is -2.77. The van der Waals surface area contributed by atoms with Gasteiger partial charge in [-0.2, -0.15) is 0 Å². The van der Waals surface area contributed by atoms with Crippen LogP contribution in [0.4, 0.5) is 10.1 Å². The third kappa shape index (κ3) is 5.87. The van der Waals surface area contributed by atoms with Crippen LogP contribution in [-0.4, -0.2) is 61.4 Å². The van der Waals surface area contributed by atoms with Gasteiger partial charge in [0, 0.05) is 38.4 Å². The van der Waals surface area contributed by atoms with Gasteiger partial charge in [0.1, 0.15) is 5.82 Å². The molecule has 0 spiro atoms. The molecule has 7 heteroatoms. The van der Waals surface area contributed by atoms with E-state index in [-0.39, 0.29) is 18.4 Å². The monoisotopic (exact) mass is 412 g/mol. The average Bonchev–Trinajstić information content (AvgIpc) is 2.76. The molecular formula is C23H29FN4O2. The summed E-state index contributed by atoms with van der Waals surface area (Å²) in [5.41, 5.74) is 2.66. The standard InChI is InChI=1S/C23H29FN4O2/c1-3-17-4-10-20(11-5-17)26-23(30)22(29)25-16-21(18-6-8-19(24)9-7-18)28-14-12-27(2)13-15-28/h4-11,21H,3,12-16H2,1-2H3,(H,25,29)(H,26,30)/t21-/m1/s1. The number of hydrogen-bond acceptors (Lipinski definition) is 4. The molecular weight excluding hydrogens is 383 g/mol. The van der Waals surface area contributed by atoms with E-state index in [2.05, 4.69) is 34.4 Å². The molecule has 2 N–H and O–H groups in total. The maximum atomic E-state index is 13.4. The number of piperazine rings is 1. The van der Waals surface area contributed by atoms with Crippen molar-refractivity contribution >= 4 is 17.5 Å². The van der Waals surface area contributed by atoms with Crippen molar-refractivity contribution in [3.05, 3.63) is 65.5 Å². The summed E-state index contributed by atoms with van der Waals surface area (Å²) in [6.07, 6.45) is 0.909. The van der Waals surface area contributed by atoms with E-state index in [0.29, 0.717) is 5.69 Å². The van der Waals surface area contributed by atoms with Gasteiger partial charge in [-0.3, -0.25) is 14.5 Å². The summed E-state index contributed by atoms with van der Waals surface area (Å²) in [7, 11) is 2.07. The highest BCUT2D eigenvalue weighted by atomic mass is 19.1. The second kappa shape index (κ2) is 10.3. The Morgan fingerprint density at radius 1 is 0.967 bits per heavy atom. The SMILES string of the molecule is CCc1ccc(NC(=O)C(=O)NC[C@H](c2ccc(F)cc2)N2CCN(C)CC2)cc1. The Kier molecular flexibility index (Phi) is 7.54. The quantitative estimate of drug-likeness (QED) is 0.716. The first kappa shape index (κ1) is 21.9. The molecule has 30 heavy (non-hydrogen) atoms. The summed E-state index contributed by atoms with van der Waals surface area (Å²) in [4.78, 5) is 29.2. The van der Waals surface area contributed by atoms with E-state index in [1.165, 1.54) is 12.1 Å². The van der Waals surface area contributed by atoms with Crippen LogP contribution in [0.1, 0.15) is 24.1 Å². The highest BCUT2D eigenvalue weighted by Crippen LogP contribution is 2.22. The fraction of sp³-hybridized carbons (Fsp3) is 0.391. The van der Waals surface area contributed by atoms with Gasteiger partial charge in [0.15, 0.2) is 0 Å². The fourth-order valence-corrected chi connectivity index (χ4v) is 3.56. The van der Waals surface area contributed by atoms with Gasteiger partial charge in [-0.15, -0.1) is 0 Å². The summed E-state index contributed by atoms with van der Waals surface area (Å²) in [5, 5.41) is 5.38. The largest absolute Gasteiger partial charge is 0.346 e. The van der Waals surface area contributed by atoms with E-state index in [0.717, 1.165) is 43.7 Å². The van der Waals surface area contributed by atoms with Gasteiger partial charge >= 0.3 is 11.8 Å². The van der Waals surface area contributed by atoms with Crippen molar-refractivity contribution in [3.8, 4) is 0 Å². The topological polar surface area (TPSA) is 64.7 Å². The molecule has 1 heterocycles. The van der Waals surface area contributed by atoms with Crippen LogP contribution in [0.5, 0.6) is 0 Å². The Morgan fingerprint density at radius 2 is 1.60 bits per heavy atom. The van der Waals surface area contributed by atoms with Crippen LogP contribution in [0.2, 0.25) is 0 Å². The second-order valence-corrected chi connectivity index (χ2v) is 7.62. The van der Waals surface area contributed by atoms with Crippen LogP contribution in [0, 0.1) is 5.82 Å². The summed E-state index contributed by atoms with van der Waals surface area (Å²) < 4.78 is 13.4. The van der Waals surface area contributed by atoms with Crippen molar-refractivity contribution < 1.29 is 14.0 Å². The number of halogens is 1. The predicted molar refractivity (Wildman–Crippen MR) is 116 cm³/mol. The molecule has 2 aromatic rings. The van der Waals surface area contributed by atoms with Crippen LogP contribution in [0.3, 0.4) is 0 Å². The Bertz CT molecular complexity index is 847. The zero-order valence-electron chi connectivity index (χ0n) is 17.5. The molecule has 1 saturated heterocycles. The smallest absolute Gasteiger partial charge is 0.313 e. The third-order valence-electron chi connectivity index (χ3n) is 5.52. The summed E-state index contributed by atoms with van der Waals surface area (Å²) >= 11 is 0. The lowest BCUT2D eigenvalue weighted by molar-refractivity contribution is -0.136. The van der Waals surface area contributed by atoms with Crippen LogP contribution in [0.15, 0.2) is 48.5 Å². The van der Waals surface area contributed by atoms with E-state index in [1.54, 1.807) is 24.3 Å². The minimum Gasteiger partial charge on any atom is -0.346 e. The molecule has 3 rings (SSSR count). The van der Waals surface area contributed by atoms with Crippen LogP contribution in [-0.2, 0) is 16.0 Å². The van der Waals surface area contributed by atoms with Crippen molar-refractivity contribution in [1.82, 2.24) is 15.1 Å². The molecule has 6 nitrogen and oxygen atoms in total. The molecule has 1 atom stereocenters. The van der Waals surface area contributed by atoms with Crippen molar-refractivity contribution in [2.75, 3.05) is 45.1 Å². The predicted octanol–water partition coefficient (Wildman–Crippen LogP) is 2.43. The lowest BCUT2D eigenvalue weighted by Crippen LogP contribution is -2.49. The maximum Gasteiger partial charge on any atom is 0.313 e. The number of nitrogens with zero attached hydrogens (tertiary/aromatic N) is 2. The molecule has 1 aliphatic heterocycles. The molecule has 0 radical (unpaired) electrons. The van der Waals surface area contributed by atoms with Crippen molar-refractivity contribution in [3.63, 3.8) is 0 Å². The van der Waals surface area contributed by atoms with Gasteiger partial charge < -0.3 is 15.5 Å². The second-order valence-electron chi connectivity index (χ2n) is 7.62. The van der Waals surface area contributed by atoms with Crippen molar-refractivity contribution in [2.45, 2.75) is 19.4 Å². The first-order valence-corrected chi connectivity index (χ1v) is 10.3. The van der Waals surface area contributed by atoms with E-state index in [1.807, 2.05) is 12.1 Å². The number of aryl methyl sites for hydroxylation is 1. The Morgan fingerprint density at radius 3 is 2.20 bits per heavy atom. The van der Waals surface area contributed by atoms with Crippen LogP contribution < -0.4 is 10.6 Å². The normalized spacial score (nSPS) is 16.1. The van der Waals surface area contributed by atoms with Gasteiger partial charge in [-0.1, -0.05) is 31.2 Å². The number of amides is 2. The van der Waals surface area contributed by atoms with E-state index < -0.39 is 11.8 Å². The first-order valence-electron chi connectivity index (χ1n) is 10.3. The van der Waals surface area contributed by atoms with E-state index >= 15 is 0 Å². The summed E-state index contributed by atoms with van der Waals surface area (Å²) in [6.45, 7) is 5.84. The molecule has 2 amide bonds. The molecule has 160 valence electrons. The molecule has 0 aromatic heterocycles. The molecule has 1 fully saturated rings. The number of benzene rings is 2. The molecule has 0 bridgehead atoms. The lowest BCUT2D eigenvalue weighted by atomic mass is 10.0. The fourth-order valence-electron chi connectivity index (χ4n) is 3.56. The van der Waals surface area contributed by atoms with Crippen LogP contribution in [0.25, 0.3) is 0 Å². The molecule has 1 aliphatic rings. The van der Waals surface area contributed by atoms with E-state index in [9.17, 15) is 14.0 Å². The number of anilines is 1. The Labute approximate surface area is 177 Å². The van der Waals surface area contributed by atoms with Crippen molar-refractivity contribution in [1.29, 1.82) is 0 Å².